The number of hydrogen-bond acceptors (Lipinski definition) is 3. The predicted molar refractivity (Wildman–Crippen MR) is 96.7 cm³/mol. The van der Waals surface area contributed by atoms with E-state index in [-0.39, 0.29) is 5.91 Å². The largest absolute Gasteiger partial charge is 0.490 e. The summed E-state index contributed by atoms with van der Waals surface area (Å²) >= 11 is 0. The van der Waals surface area contributed by atoms with E-state index in [1.54, 1.807) is 4.90 Å². The Morgan fingerprint density at radius 1 is 1.08 bits per heavy atom. The van der Waals surface area contributed by atoms with E-state index < -0.39 is 0 Å². The quantitative estimate of drug-likeness (QED) is 0.721. The molecule has 2 heterocycles. The van der Waals surface area contributed by atoms with Crippen molar-refractivity contribution in [2.24, 2.45) is 0 Å². The number of ether oxygens (including phenoxy) is 1. The number of carbonyl (C=O) groups excluding carboxylic acids is 1. The predicted octanol–water partition coefficient (Wildman–Crippen LogP) is 3.53. The van der Waals surface area contributed by atoms with Crippen LogP contribution in [0.4, 0.5) is 5.69 Å². The van der Waals surface area contributed by atoms with Crippen LogP contribution in [-0.4, -0.2) is 28.8 Å². The molecule has 126 valence electrons. The summed E-state index contributed by atoms with van der Waals surface area (Å²) in [5.41, 5.74) is 4.47. The number of hydrogen-bond donors (Lipinski definition) is 0. The number of aromatic nitrogens is 2. The molecule has 3 aromatic rings. The molecule has 1 aromatic heterocycles. The third-order valence-electron chi connectivity index (χ3n) is 4.34. The van der Waals surface area contributed by atoms with E-state index in [4.69, 9.17) is 4.74 Å². The minimum atomic E-state index is -0.0179. The van der Waals surface area contributed by atoms with Gasteiger partial charge in [0.15, 0.2) is 0 Å². The summed E-state index contributed by atoms with van der Waals surface area (Å²) in [6.45, 7) is 5.04. The molecule has 0 unspecified atom stereocenters. The Hall–Kier alpha value is -3.08. The Morgan fingerprint density at radius 3 is 2.56 bits per heavy atom. The Balaban J connectivity index is 1.63. The van der Waals surface area contributed by atoms with E-state index in [0.717, 1.165) is 28.5 Å². The molecule has 0 fully saturated rings. The summed E-state index contributed by atoms with van der Waals surface area (Å²) in [5, 5.41) is 4.48. The highest BCUT2D eigenvalue weighted by Gasteiger charge is 2.24. The molecule has 0 spiro atoms. The third kappa shape index (κ3) is 2.78. The Bertz CT molecular complexity index is 928. The molecule has 0 saturated heterocycles. The normalized spacial score (nSPS) is 13.3. The van der Waals surface area contributed by atoms with Crippen molar-refractivity contribution < 1.29 is 9.53 Å². The maximum atomic E-state index is 12.9. The van der Waals surface area contributed by atoms with Gasteiger partial charge in [-0.2, -0.15) is 5.10 Å². The first-order valence-electron chi connectivity index (χ1n) is 8.31. The van der Waals surface area contributed by atoms with Crippen molar-refractivity contribution in [3.05, 3.63) is 71.5 Å². The SMILES string of the molecule is Cc1cc(C)n(-c2ccc(C(=O)N3CCOc4ccccc43)cc2)n1. The molecule has 4 rings (SSSR count). The van der Waals surface area contributed by atoms with Gasteiger partial charge < -0.3 is 9.64 Å². The number of fused-ring (bicyclic) bond motifs is 1. The average Bonchev–Trinajstić information content (AvgIpc) is 2.99. The fraction of sp³-hybridized carbons (Fsp3) is 0.200. The van der Waals surface area contributed by atoms with Gasteiger partial charge >= 0.3 is 0 Å². The van der Waals surface area contributed by atoms with Crippen LogP contribution in [-0.2, 0) is 0 Å². The Kier molecular flexibility index (Phi) is 3.76. The molecule has 25 heavy (non-hydrogen) atoms. The molecule has 0 saturated carbocycles. The van der Waals surface area contributed by atoms with E-state index in [1.165, 1.54) is 0 Å². The second kappa shape index (κ2) is 6.09. The van der Waals surface area contributed by atoms with Gasteiger partial charge in [0.25, 0.3) is 5.91 Å². The van der Waals surface area contributed by atoms with Crippen LogP contribution >= 0.6 is 0 Å². The molecule has 0 N–H and O–H groups in total. The first-order valence-corrected chi connectivity index (χ1v) is 8.31. The van der Waals surface area contributed by atoms with Gasteiger partial charge in [-0.05, 0) is 56.3 Å². The molecule has 0 radical (unpaired) electrons. The van der Waals surface area contributed by atoms with Crippen molar-refractivity contribution in [1.82, 2.24) is 9.78 Å². The minimum absolute atomic E-state index is 0.0179. The topological polar surface area (TPSA) is 47.4 Å². The molecule has 1 aliphatic heterocycles. The van der Waals surface area contributed by atoms with Gasteiger partial charge in [-0.25, -0.2) is 4.68 Å². The monoisotopic (exact) mass is 333 g/mol. The number of anilines is 1. The standard InChI is InChI=1S/C20H19N3O2/c1-14-13-15(2)23(21-14)17-9-7-16(8-10-17)20(24)22-11-12-25-19-6-4-3-5-18(19)22/h3-10,13H,11-12H2,1-2H3. The van der Waals surface area contributed by atoms with Crippen LogP contribution in [0.2, 0.25) is 0 Å². The van der Waals surface area contributed by atoms with E-state index in [0.29, 0.717) is 18.7 Å². The highest BCUT2D eigenvalue weighted by molar-refractivity contribution is 6.07. The lowest BCUT2D eigenvalue weighted by Gasteiger charge is -2.29. The number of amides is 1. The van der Waals surface area contributed by atoms with E-state index >= 15 is 0 Å². The molecule has 1 aliphatic rings. The summed E-state index contributed by atoms with van der Waals surface area (Å²) < 4.78 is 7.51. The van der Waals surface area contributed by atoms with Crippen molar-refractivity contribution in [2.75, 3.05) is 18.1 Å². The van der Waals surface area contributed by atoms with Gasteiger partial charge in [0, 0.05) is 11.3 Å². The second-order valence-electron chi connectivity index (χ2n) is 6.16. The summed E-state index contributed by atoms with van der Waals surface area (Å²) in [7, 11) is 0. The van der Waals surface area contributed by atoms with E-state index in [9.17, 15) is 4.79 Å². The van der Waals surface area contributed by atoms with Gasteiger partial charge in [-0.15, -0.1) is 0 Å². The van der Waals surface area contributed by atoms with Crippen LogP contribution in [0.15, 0.2) is 54.6 Å². The maximum absolute atomic E-state index is 12.9. The van der Waals surface area contributed by atoms with Crippen LogP contribution in [0.5, 0.6) is 5.75 Å². The van der Waals surface area contributed by atoms with Crippen LogP contribution in [0, 0.1) is 13.8 Å². The molecule has 0 aliphatic carbocycles. The molecular formula is C20H19N3O2. The molecular weight excluding hydrogens is 314 g/mol. The lowest BCUT2D eigenvalue weighted by molar-refractivity contribution is 0.0976. The highest BCUT2D eigenvalue weighted by Crippen LogP contribution is 2.32. The number of benzene rings is 2. The second-order valence-corrected chi connectivity index (χ2v) is 6.16. The first kappa shape index (κ1) is 15.4. The van der Waals surface area contributed by atoms with E-state index in [1.807, 2.05) is 73.1 Å². The fourth-order valence-corrected chi connectivity index (χ4v) is 3.17. The van der Waals surface area contributed by atoms with Gasteiger partial charge in [0.2, 0.25) is 0 Å². The molecule has 0 atom stereocenters. The maximum Gasteiger partial charge on any atom is 0.258 e. The zero-order valence-corrected chi connectivity index (χ0v) is 14.3. The van der Waals surface area contributed by atoms with Crippen molar-refractivity contribution in [3.63, 3.8) is 0 Å². The zero-order valence-electron chi connectivity index (χ0n) is 14.3. The third-order valence-corrected chi connectivity index (χ3v) is 4.34. The van der Waals surface area contributed by atoms with Crippen molar-refractivity contribution in [3.8, 4) is 11.4 Å². The van der Waals surface area contributed by atoms with Gasteiger partial charge in [0.05, 0.1) is 23.6 Å². The van der Waals surface area contributed by atoms with E-state index in [2.05, 4.69) is 5.10 Å². The molecule has 0 bridgehead atoms. The molecule has 2 aromatic carbocycles. The van der Waals surface area contributed by atoms with Crippen LogP contribution in [0.3, 0.4) is 0 Å². The average molecular weight is 333 g/mol. The number of para-hydroxylation sites is 2. The van der Waals surface area contributed by atoms with Crippen LogP contribution < -0.4 is 9.64 Å². The summed E-state index contributed by atoms with van der Waals surface area (Å²) in [6.07, 6.45) is 0. The highest BCUT2D eigenvalue weighted by atomic mass is 16.5. The first-order chi connectivity index (χ1) is 12.1. The van der Waals surface area contributed by atoms with Gasteiger partial charge in [-0.1, -0.05) is 12.1 Å². The number of carbonyl (C=O) groups is 1. The number of nitrogens with zero attached hydrogens (tertiary/aromatic N) is 3. The Labute approximate surface area is 146 Å². The molecule has 5 heteroatoms. The summed E-state index contributed by atoms with van der Waals surface area (Å²) in [6, 6.07) is 17.2. The smallest absolute Gasteiger partial charge is 0.258 e. The fourth-order valence-electron chi connectivity index (χ4n) is 3.17. The van der Waals surface area contributed by atoms with Gasteiger partial charge in [0.1, 0.15) is 12.4 Å². The van der Waals surface area contributed by atoms with Crippen LogP contribution in [0.25, 0.3) is 5.69 Å². The van der Waals surface area contributed by atoms with Gasteiger partial charge in [-0.3, -0.25) is 4.79 Å². The minimum Gasteiger partial charge on any atom is -0.490 e. The van der Waals surface area contributed by atoms with Crippen molar-refractivity contribution in [2.45, 2.75) is 13.8 Å². The number of aryl methyl sites for hydroxylation is 2. The Morgan fingerprint density at radius 2 is 1.84 bits per heavy atom. The lowest BCUT2D eigenvalue weighted by Crippen LogP contribution is -2.37. The van der Waals surface area contributed by atoms with Crippen molar-refractivity contribution >= 4 is 11.6 Å². The number of rotatable bonds is 2. The zero-order chi connectivity index (χ0) is 17.4. The van der Waals surface area contributed by atoms with Crippen molar-refractivity contribution in [1.29, 1.82) is 0 Å². The lowest BCUT2D eigenvalue weighted by atomic mass is 10.1. The summed E-state index contributed by atoms with van der Waals surface area (Å²) in [5.74, 6) is 0.733. The molecule has 1 amide bonds. The van der Waals surface area contributed by atoms with Crippen LogP contribution in [0.1, 0.15) is 21.7 Å². The molecule has 5 nitrogen and oxygen atoms in total. The summed E-state index contributed by atoms with van der Waals surface area (Å²) in [4.78, 5) is 14.7.